The molecule has 1 aliphatic rings. The molecule has 0 spiro atoms. The lowest BCUT2D eigenvalue weighted by atomic mass is 9.85. The summed E-state index contributed by atoms with van der Waals surface area (Å²) in [5, 5.41) is 3.63. The molecule has 21 heavy (non-hydrogen) atoms. The normalized spacial score (nSPS) is 18.1. The number of ether oxygens (including phenoxy) is 1. The third-order valence-electron chi connectivity index (χ3n) is 4.29. The fourth-order valence-electron chi connectivity index (χ4n) is 3.07. The molecular weight excluding hydrogens is 326 g/mol. The largest absolute Gasteiger partial charge is 0.381 e. The molecule has 0 radical (unpaired) electrons. The molecular formula is C18H28BrNO. The zero-order valence-corrected chi connectivity index (χ0v) is 14.9. The maximum absolute atomic E-state index is 5.49. The third kappa shape index (κ3) is 6.09. The van der Waals surface area contributed by atoms with Crippen LogP contribution in [0.3, 0.4) is 0 Å². The summed E-state index contributed by atoms with van der Waals surface area (Å²) >= 11 is 3.69. The summed E-state index contributed by atoms with van der Waals surface area (Å²) in [7, 11) is 0. The van der Waals surface area contributed by atoms with Crippen molar-refractivity contribution >= 4 is 15.9 Å². The molecule has 1 aromatic carbocycles. The Labute approximate surface area is 137 Å². The fraction of sp³-hybridized carbons (Fsp3) is 0.667. The Morgan fingerprint density at radius 2 is 1.95 bits per heavy atom. The molecule has 1 heterocycles. The van der Waals surface area contributed by atoms with Crippen molar-refractivity contribution in [3.05, 3.63) is 34.3 Å². The summed E-state index contributed by atoms with van der Waals surface area (Å²) in [4.78, 5) is 0. The van der Waals surface area contributed by atoms with Gasteiger partial charge in [-0.15, -0.1) is 0 Å². The highest BCUT2D eigenvalue weighted by molar-refractivity contribution is 9.10. The van der Waals surface area contributed by atoms with Crippen LogP contribution in [0.2, 0.25) is 0 Å². The van der Waals surface area contributed by atoms with E-state index in [1.807, 2.05) is 0 Å². The predicted octanol–water partition coefficient (Wildman–Crippen LogP) is 4.42. The second-order valence-corrected chi connectivity index (χ2v) is 7.37. The molecule has 118 valence electrons. The highest BCUT2D eigenvalue weighted by Gasteiger charge is 2.20. The quantitative estimate of drug-likeness (QED) is 0.783. The van der Waals surface area contributed by atoms with Gasteiger partial charge in [0.2, 0.25) is 0 Å². The highest BCUT2D eigenvalue weighted by Crippen LogP contribution is 2.27. The van der Waals surface area contributed by atoms with Crippen molar-refractivity contribution in [3.8, 4) is 0 Å². The minimum absolute atomic E-state index is 0.557. The highest BCUT2D eigenvalue weighted by atomic mass is 79.9. The monoisotopic (exact) mass is 353 g/mol. The van der Waals surface area contributed by atoms with Gasteiger partial charge in [0.05, 0.1) is 0 Å². The number of benzene rings is 1. The van der Waals surface area contributed by atoms with E-state index in [9.17, 15) is 0 Å². The Hall–Kier alpha value is -0.380. The molecule has 0 bridgehead atoms. The van der Waals surface area contributed by atoms with Gasteiger partial charge in [0, 0.05) is 23.7 Å². The first-order valence-electron chi connectivity index (χ1n) is 8.19. The van der Waals surface area contributed by atoms with E-state index in [1.54, 1.807) is 0 Å². The Morgan fingerprint density at radius 3 is 2.62 bits per heavy atom. The molecule has 3 heteroatoms. The first-order valence-corrected chi connectivity index (χ1v) is 8.99. The zero-order chi connectivity index (χ0) is 15.1. The number of halogens is 1. The molecule has 1 fully saturated rings. The van der Waals surface area contributed by atoms with Crippen molar-refractivity contribution in [2.24, 2.45) is 11.8 Å². The standard InChI is InChI=1S/C18H28BrNO/c1-14(2)20-13-16(11-15-7-9-21-10-8-15)12-17-5-3-4-6-18(17)19/h3-6,14-16,20H,7-13H2,1-2H3. The summed E-state index contributed by atoms with van der Waals surface area (Å²) in [5.74, 6) is 1.54. The van der Waals surface area contributed by atoms with Crippen LogP contribution in [0.1, 0.15) is 38.7 Å². The summed E-state index contributed by atoms with van der Waals surface area (Å²) in [6, 6.07) is 9.18. The molecule has 0 saturated carbocycles. The summed E-state index contributed by atoms with van der Waals surface area (Å²) in [5.41, 5.74) is 1.43. The van der Waals surface area contributed by atoms with Gasteiger partial charge in [0.1, 0.15) is 0 Å². The lowest BCUT2D eigenvalue weighted by Gasteiger charge is -2.28. The van der Waals surface area contributed by atoms with Crippen LogP contribution in [0.25, 0.3) is 0 Å². The van der Waals surface area contributed by atoms with Crippen molar-refractivity contribution in [2.45, 2.75) is 45.6 Å². The van der Waals surface area contributed by atoms with Crippen LogP contribution in [-0.2, 0) is 11.2 Å². The molecule has 1 aliphatic heterocycles. The summed E-state index contributed by atoms with van der Waals surface area (Å²) < 4.78 is 6.74. The topological polar surface area (TPSA) is 21.3 Å². The lowest BCUT2D eigenvalue weighted by Crippen LogP contribution is -2.32. The van der Waals surface area contributed by atoms with Gasteiger partial charge >= 0.3 is 0 Å². The van der Waals surface area contributed by atoms with Crippen molar-refractivity contribution < 1.29 is 4.74 Å². The molecule has 0 aliphatic carbocycles. The van der Waals surface area contributed by atoms with E-state index in [4.69, 9.17) is 4.74 Å². The molecule has 1 atom stereocenters. The van der Waals surface area contributed by atoms with E-state index in [0.29, 0.717) is 12.0 Å². The van der Waals surface area contributed by atoms with Crippen molar-refractivity contribution in [3.63, 3.8) is 0 Å². The smallest absolute Gasteiger partial charge is 0.0468 e. The maximum atomic E-state index is 5.49. The molecule has 2 rings (SSSR count). The minimum atomic E-state index is 0.557. The van der Waals surface area contributed by atoms with E-state index < -0.39 is 0 Å². The van der Waals surface area contributed by atoms with Crippen LogP contribution >= 0.6 is 15.9 Å². The van der Waals surface area contributed by atoms with Gasteiger partial charge in [-0.3, -0.25) is 0 Å². The zero-order valence-electron chi connectivity index (χ0n) is 13.3. The maximum Gasteiger partial charge on any atom is 0.0468 e. The van der Waals surface area contributed by atoms with Gasteiger partial charge in [-0.05, 0) is 55.7 Å². The molecule has 1 unspecified atom stereocenters. The second-order valence-electron chi connectivity index (χ2n) is 6.52. The third-order valence-corrected chi connectivity index (χ3v) is 5.06. The number of nitrogens with one attached hydrogen (secondary N) is 1. The molecule has 0 aromatic heterocycles. The number of hydrogen-bond acceptors (Lipinski definition) is 2. The fourth-order valence-corrected chi connectivity index (χ4v) is 3.52. The van der Waals surface area contributed by atoms with E-state index in [-0.39, 0.29) is 0 Å². The Morgan fingerprint density at radius 1 is 1.24 bits per heavy atom. The summed E-state index contributed by atoms with van der Waals surface area (Å²) in [6.07, 6.45) is 4.92. The van der Waals surface area contributed by atoms with Crippen LogP contribution < -0.4 is 5.32 Å². The van der Waals surface area contributed by atoms with Crippen LogP contribution in [0.15, 0.2) is 28.7 Å². The van der Waals surface area contributed by atoms with Crippen molar-refractivity contribution in [1.29, 1.82) is 0 Å². The van der Waals surface area contributed by atoms with Gasteiger partial charge in [-0.25, -0.2) is 0 Å². The first kappa shape index (κ1) is 17.0. The number of rotatable bonds is 7. The van der Waals surface area contributed by atoms with Gasteiger partial charge in [-0.2, -0.15) is 0 Å². The van der Waals surface area contributed by atoms with Gasteiger partial charge in [0.15, 0.2) is 0 Å². The predicted molar refractivity (Wildman–Crippen MR) is 92.6 cm³/mol. The minimum Gasteiger partial charge on any atom is -0.381 e. The number of hydrogen-bond donors (Lipinski definition) is 1. The molecule has 1 saturated heterocycles. The lowest BCUT2D eigenvalue weighted by molar-refractivity contribution is 0.0584. The van der Waals surface area contributed by atoms with E-state index >= 15 is 0 Å². The first-order chi connectivity index (χ1) is 10.1. The summed E-state index contributed by atoms with van der Waals surface area (Å²) in [6.45, 7) is 7.46. The molecule has 2 nitrogen and oxygen atoms in total. The van der Waals surface area contributed by atoms with Crippen LogP contribution in [0, 0.1) is 11.8 Å². The van der Waals surface area contributed by atoms with Gasteiger partial charge in [0.25, 0.3) is 0 Å². The van der Waals surface area contributed by atoms with Crippen molar-refractivity contribution in [1.82, 2.24) is 5.32 Å². The SMILES string of the molecule is CC(C)NCC(Cc1ccccc1Br)CC1CCOCC1. The Bertz CT molecular complexity index is 415. The van der Waals surface area contributed by atoms with Gasteiger partial charge < -0.3 is 10.1 Å². The average Bonchev–Trinajstić information content (AvgIpc) is 2.48. The average molecular weight is 354 g/mol. The second kappa shape index (κ2) is 8.92. The Balaban J connectivity index is 1.95. The van der Waals surface area contributed by atoms with Crippen LogP contribution in [-0.4, -0.2) is 25.8 Å². The van der Waals surface area contributed by atoms with Crippen LogP contribution in [0.5, 0.6) is 0 Å². The van der Waals surface area contributed by atoms with Crippen LogP contribution in [0.4, 0.5) is 0 Å². The molecule has 0 amide bonds. The van der Waals surface area contributed by atoms with Crippen molar-refractivity contribution in [2.75, 3.05) is 19.8 Å². The van der Waals surface area contributed by atoms with E-state index in [0.717, 1.165) is 32.1 Å². The van der Waals surface area contributed by atoms with E-state index in [2.05, 4.69) is 59.4 Å². The van der Waals surface area contributed by atoms with E-state index in [1.165, 1.54) is 29.3 Å². The molecule has 1 aromatic rings. The molecule has 1 N–H and O–H groups in total. The Kier molecular flexibility index (Phi) is 7.21. The van der Waals surface area contributed by atoms with Gasteiger partial charge in [-0.1, -0.05) is 48.0 Å².